The van der Waals surface area contributed by atoms with Crippen molar-refractivity contribution < 1.29 is 9.84 Å². The maximum Gasteiger partial charge on any atom is 0.124 e. The van der Waals surface area contributed by atoms with Crippen LogP contribution in [-0.2, 0) is 0 Å². The predicted octanol–water partition coefficient (Wildman–Crippen LogP) is 2.05. The molecule has 0 aromatic heterocycles. The Bertz CT molecular complexity index is 328. The Hall–Kier alpha value is -0.580. The van der Waals surface area contributed by atoms with Crippen LogP contribution in [0.15, 0.2) is 22.7 Å². The summed E-state index contributed by atoms with van der Waals surface area (Å²) in [6.45, 7) is 0.576. The standard InChI is InChI=1S/C11H16BrNO2/c1-13(2)7-10(14)9-6-8(12)4-5-11(9)15-3/h4-6,10,14H,7H2,1-3H3. The molecule has 1 rings (SSSR count). The zero-order valence-electron chi connectivity index (χ0n) is 9.20. The molecule has 0 aliphatic heterocycles. The van der Waals surface area contributed by atoms with Gasteiger partial charge in [0.2, 0.25) is 0 Å². The van der Waals surface area contributed by atoms with E-state index in [0.29, 0.717) is 12.3 Å². The number of aliphatic hydroxyl groups is 1. The molecule has 0 amide bonds. The summed E-state index contributed by atoms with van der Waals surface area (Å²) in [4.78, 5) is 1.94. The Morgan fingerprint density at radius 1 is 1.47 bits per heavy atom. The van der Waals surface area contributed by atoms with Crippen molar-refractivity contribution in [3.63, 3.8) is 0 Å². The van der Waals surface area contributed by atoms with Crippen LogP contribution in [0.4, 0.5) is 0 Å². The minimum atomic E-state index is -0.535. The first-order valence-electron chi connectivity index (χ1n) is 4.71. The quantitative estimate of drug-likeness (QED) is 0.912. The van der Waals surface area contributed by atoms with Gasteiger partial charge in [0.25, 0.3) is 0 Å². The molecule has 1 unspecified atom stereocenters. The molecule has 15 heavy (non-hydrogen) atoms. The van der Waals surface area contributed by atoms with Crippen molar-refractivity contribution in [2.24, 2.45) is 0 Å². The molecule has 3 nitrogen and oxygen atoms in total. The van der Waals surface area contributed by atoms with Crippen molar-refractivity contribution in [3.8, 4) is 5.75 Å². The number of hydrogen-bond acceptors (Lipinski definition) is 3. The zero-order chi connectivity index (χ0) is 11.4. The molecular weight excluding hydrogens is 258 g/mol. The minimum absolute atomic E-state index is 0.535. The second-order valence-corrected chi connectivity index (χ2v) is 4.58. The van der Waals surface area contributed by atoms with Gasteiger partial charge in [-0.1, -0.05) is 15.9 Å². The summed E-state index contributed by atoms with van der Waals surface area (Å²) >= 11 is 3.38. The van der Waals surface area contributed by atoms with Gasteiger partial charge in [-0.05, 0) is 32.3 Å². The third kappa shape index (κ3) is 3.48. The zero-order valence-corrected chi connectivity index (χ0v) is 10.8. The van der Waals surface area contributed by atoms with Gasteiger partial charge in [-0.25, -0.2) is 0 Å². The lowest BCUT2D eigenvalue weighted by molar-refractivity contribution is 0.135. The maximum atomic E-state index is 9.98. The lowest BCUT2D eigenvalue weighted by Gasteiger charge is -2.18. The van der Waals surface area contributed by atoms with E-state index in [1.807, 2.05) is 37.2 Å². The molecule has 1 N–H and O–H groups in total. The number of nitrogens with zero attached hydrogens (tertiary/aromatic N) is 1. The van der Waals surface area contributed by atoms with Crippen LogP contribution >= 0.6 is 15.9 Å². The second kappa shape index (κ2) is 5.49. The average molecular weight is 274 g/mol. The van der Waals surface area contributed by atoms with E-state index in [-0.39, 0.29) is 0 Å². The van der Waals surface area contributed by atoms with Gasteiger partial charge in [-0.2, -0.15) is 0 Å². The maximum absolute atomic E-state index is 9.98. The first kappa shape index (κ1) is 12.5. The normalized spacial score (nSPS) is 12.9. The van der Waals surface area contributed by atoms with Gasteiger partial charge in [0.1, 0.15) is 5.75 Å². The van der Waals surface area contributed by atoms with Crippen LogP contribution in [0.25, 0.3) is 0 Å². The highest BCUT2D eigenvalue weighted by atomic mass is 79.9. The molecule has 1 aromatic carbocycles. The van der Waals surface area contributed by atoms with E-state index in [1.54, 1.807) is 7.11 Å². The SMILES string of the molecule is COc1ccc(Br)cc1C(O)CN(C)C. The summed E-state index contributed by atoms with van der Waals surface area (Å²) in [6.07, 6.45) is -0.535. The number of benzene rings is 1. The van der Waals surface area contributed by atoms with Crippen molar-refractivity contribution in [2.75, 3.05) is 27.7 Å². The van der Waals surface area contributed by atoms with Crippen molar-refractivity contribution in [2.45, 2.75) is 6.10 Å². The van der Waals surface area contributed by atoms with Gasteiger partial charge in [0, 0.05) is 16.6 Å². The molecule has 84 valence electrons. The summed E-state index contributed by atoms with van der Waals surface area (Å²) in [5.41, 5.74) is 0.806. The van der Waals surface area contributed by atoms with Crippen LogP contribution in [0, 0.1) is 0 Å². The van der Waals surface area contributed by atoms with Crippen LogP contribution in [0.5, 0.6) is 5.75 Å². The fourth-order valence-electron chi connectivity index (χ4n) is 1.41. The molecule has 0 bridgehead atoms. The largest absolute Gasteiger partial charge is 0.496 e. The minimum Gasteiger partial charge on any atom is -0.496 e. The first-order chi connectivity index (χ1) is 7.04. The average Bonchev–Trinajstić information content (AvgIpc) is 2.16. The third-order valence-corrected chi connectivity index (χ3v) is 2.58. The van der Waals surface area contributed by atoms with Crippen molar-refractivity contribution in [1.29, 1.82) is 0 Å². The smallest absolute Gasteiger partial charge is 0.124 e. The predicted molar refractivity (Wildman–Crippen MR) is 64.2 cm³/mol. The van der Waals surface area contributed by atoms with Crippen molar-refractivity contribution in [1.82, 2.24) is 4.90 Å². The van der Waals surface area contributed by atoms with E-state index in [0.717, 1.165) is 10.0 Å². The number of likely N-dealkylation sites (N-methyl/N-ethyl adjacent to an activating group) is 1. The topological polar surface area (TPSA) is 32.7 Å². The van der Waals surface area contributed by atoms with Gasteiger partial charge in [0.15, 0.2) is 0 Å². The number of methoxy groups -OCH3 is 1. The van der Waals surface area contributed by atoms with Gasteiger partial charge in [-0.3, -0.25) is 0 Å². The Labute approximate surface area is 98.8 Å². The number of rotatable bonds is 4. The number of ether oxygens (including phenoxy) is 1. The molecule has 0 saturated heterocycles. The highest BCUT2D eigenvalue weighted by Gasteiger charge is 2.14. The number of aliphatic hydroxyl groups excluding tert-OH is 1. The molecule has 0 aliphatic carbocycles. The van der Waals surface area contributed by atoms with Crippen molar-refractivity contribution >= 4 is 15.9 Å². The Morgan fingerprint density at radius 2 is 2.13 bits per heavy atom. The number of halogens is 1. The molecule has 0 saturated carbocycles. The molecule has 0 fully saturated rings. The lowest BCUT2D eigenvalue weighted by atomic mass is 10.1. The molecule has 4 heteroatoms. The summed E-state index contributed by atoms with van der Waals surface area (Å²) in [5.74, 6) is 0.715. The molecular formula is C11H16BrNO2. The van der Waals surface area contributed by atoms with Gasteiger partial charge >= 0.3 is 0 Å². The molecule has 0 spiro atoms. The van der Waals surface area contributed by atoms with E-state index < -0.39 is 6.10 Å². The molecule has 1 atom stereocenters. The summed E-state index contributed by atoms with van der Waals surface area (Å²) in [6, 6.07) is 5.62. The van der Waals surface area contributed by atoms with Gasteiger partial charge in [-0.15, -0.1) is 0 Å². The second-order valence-electron chi connectivity index (χ2n) is 3.66. The van der Waals surface area contributed by atoms with Crippen LogP contribution in [0.3, 0.4) is 0 Å². The fraction of sp³-hybridized carbons (Fsp3) is 0.455. The van der Waals surface area contributed by atoms with E-state index in [2.05, 4.69) is 15.9 Å². The summed E-state index contributed by atoms with van der Waals surface area (Å²) in [7, 11) is 5.45. The van der Waals surface area contributed by atoms with Gasteiger partial charge < -0.3 is 14.7 Å². The number of hydrogen-bond donors (Lipinski definition) is 1. The monoisotopic (exact) mass is 273 g/mol. The Morgan fingerprint density at radius 3 is 2.67 bits per heavy atom. The van der Waals surface area contributed by atoms with E-state index in [4.69, 9.17) is 4.74 Å². The Balaban J connectivity index is 2.94. The molecule has 1 aromatic rings. The lowest BCUT2D eigenvalue weighted by Crippen LogP contribution is -2.20. The van der Waals surface area contributed by atoms with Crippen LogP contribution in [0.1, 0.15) is 11.7 Å². The molecule has 0 aliphatic rings. The third-order valence-electron chi connectivity index (χ3n) is 2.09. The molecule has 0 heterocycles. The van der Waals surface area contributed by atoms with E-state index in [1.165, 1.54) is 0 Å². The van der Waals surface area contributed by atoms with E-state index in [9.17, 15) is 5.11 Å². The Kier molecular flexibility index (Phi) is 4.57. The van der Waals surface area contributed by atoms with Crippen LogP contribution in [-0.4, -0.2) is 37.8 Å². The summed E-state index contributed by atoms with van der Waals surface area (Å²) in [5, 5.41) is 9.98. The highest BCUT2D eigenvalue weighted by Crippen LogP contribution is 2.28. The van der Waals surface area contributed by atoms with E-state index >= 15 is 0 Å². The molecule has 0 radical (unpaired) electrons. The van der Waals surface area contributed by atoms with Crippen molar-refractivity contribution in [3.05, 3.63) is 28.2 Å². The fourth-order valence-corrected chi connectivity index (χ4v) is 1.79. The first-order valence-corrected chi connectivity index (χ1v) is 5.50. The summed E-state index contributed by atoms with van der Waals surface area (Å²) < 4.78 is 6.14. The highest BCUT2D eigenvalue weighted by molar-refractivity contribution is 9.10. The van der Waals surface area contributed by atoms with Crippen LogP contribution in [0.2, 0.25) is 0 Å². The van der Waals surface area contributed by atoms with Crippen LogP contribution < -0.4 is 4.74 Å². The van der Waals surface area contributed by atoms with Gasteiger partial charge in [0.05, 0.1) is 13.2 Å².